The second-order valence-corrected chi connectivity index (χ2v) is 6.42. The molecule has 0 heterocycles. The fraction of sp³-hybridized carbons (Fsp3) is 0.400. The first-order valence-corrected chi connectivity index (χ1v) is 8.36. The number of benzene rings is 2. The number of phenolic OH excluding ortho intramolecular Hbond substituents is 2. The van der Waals surface area contributed by atoms with Gasteiger partial charge in [-0.15, -0.1) is 0 Å². The molecule has 0 saturated heterocycles. The average Bonchev–Trinajstić information content (AvgIpc) is 2.62. The lowest BCUT2D eigenvalue weighted by molar-refractivity contribution is 0.363. The molecule has 1 aliphatic carbocycles. The van der Waals surface area contributed by atoms with E-state index >= 15 is 0 Å². The standard InChI is InChI=1S/C20H24O4/c1-23-19-11-15(6-8-17(19)21)13-4-3-5-14(10-13)16-7-9-18(22)20(12-16)24-2/h6-9,11-14,21-22H,3-5,10H2,1-2H3. The first-order valence-electron chi connectivity index (χ1n) is 8.36. The Balaban J connectivity index is 1.82. The molecule has 3 rings (SSSR count). The van der Waals surface area contributed by atoms with Crippen LogP contribution in [-0.2, 0) is 0 Å². The topological polar surface area (TPSA) is 58.9 Å². The first kappa shape index (κ1) is 16.5. The molecule has 1 saturated carbocycles. The first-order chi connectivity index (χ1) is 11.6. The monoisotopic (exact) mass is 328 g/mol. The van der Waals surface area contributed by atoms with Crippen molar-refractivity contribution in [3.8, 4) is 23.0 Å². The van der Waals surface area contributed by atoms with Gasteiger partial charge in [0, 0.05) is 0 Å². The van der Waals surface area contributed by atoms with Crippen molar-refractivity contribution in [1.29, 1.82) is 0 Å². The van der Waals surface area contributed by atoms with Gasteiger partial charge in [0.05, 0.1) is 14.2 Å². The Hall–Kier alpha value is -2.36. The molecule has 2 aromatic rings. The van der Waals surface area contributed by atoms with Gasteiger partial charge in [-0.3, -0.25) is 0 Å². The fourth-order valence-corrected chi connectivity index (χ4v) is 3.69. The highest BCUT2D eigenvalue weighted by atomic mass is 16.5. The Morgan fingerprint density at radius 2 is 1.25 bits per heavy atom. The number of methoxy groups -OCH3 is 2. The van der Waals surface area contributed by atoms with E-state index in [1.807, 2.05) is 24.3 Å². The number of phenols is 2. The van der Waals surface area contributed by atoms with E-state index in [0.717, 1.165) is 25.7 Å². The van der Waals surface area contributed by atoms with E-state index in [4.69, 9.17) is 9.47 Å². The Labute approximate surface area is 142 Å². The van der Waals surface area contributed by atoms with Gasteiger partial charge in [0.1, 0.15) is 0 Å². The summed E-state index contributed by atoms with van der Waals surface area (Å²) in [5.41, 5.74) is 2.42. The van der Waals surface area contributed by atoms with Gasteiger partial charge in [-0.2, -0.15) is 0 Å². The third-order valence-electron chi connectivity index (χ3n) is 5.02. The minimum atomic E-state index is 0.178. The van der Waals surface area contributed by atoms with Crippen LogP contribution in [0.3, 0.4) is 0 Å². The maximum absolute atomic E-state index is 9.78. The molecule has 0 aliphatic heterocycles. The zero-order chi connectivity index (χ0) is 17.1. The van der Waals surface area contributed by atoms with Gasteiger partial charge in [0.15, 0.2) is 23.0 Å². The molecule has 0 spiro atoms. The van der Waals surface area contributed by atoms with Crippen LogP contribution in [0.5, 0.6) is 23.0 Å². The third-order valence-corrected chi connectivity index (χ3v) is 5.02. The van der Waals surface area contributed by atoms with Crippen molar-refractivity contribution < 1.29 is 19.7 Å². The summed E-state index contributed by atoms with van der Waals surface area (Å²) in [4.78, 5) is 0. The molecule has 0 radical (unpaired) electrons. The summed E-state index contributed by atoms with van der Waals surface area (Å²) in [5.74, 6) is 2.30. The van der Waals surface area contributed by atoms with Crippen molar-refractivity contribution in [1.82, 2.24) is 0 Å². The predicted molar refractivity (Wildman–Crippen MR) is 93.3 cm³/mol. The van der Waals surface area contributed by atoms with E-state index in [1.54, 1.807) is 26.4 Å². The van der Waals surface area contributed by atoms with Crippen LogP contribution in [0.4, 0.5) is 0 Å². The minimum absolute atomic E-state index is 0.178. The lowest BCUT2D eigenvalue weighted by Gasteiger charge is -2.30. The average molecular weight is 328 g/mol. The highest BCUT2D eigenvalue weighted by Gasteiger charge is 2.25. The van der Waals surface area contributed by atoms with Crippen LogP contribution in [0.15, 0.2) is 36.4 Å². The normalized spacial score (nSPS) is 20.6. The van der Waals surface area contributed by atoms with E-state index in [9.17, 15) is 10.2 Å². The van der Waals surface area contributed by atoms with Crippen molar-refractivity contribution in [2.75, 3.05) is 14.2 Å². The van der Waals surface area contributed by atoms with Crippen molar-refractivity contribution in [3.05, 3.63) is 47.5 Å². The maximum Gasteiger partial charge on any atom is 0.160 e. The zero-order valence-electron chi connectivity index (χ0n) is 14.2. The van der Waals surface area contributed by atoms with Gasteiger partial charge in [-0.1, -0.05) is 18.6 Å². The van der Waals surface area contributed by atoms with Crippen molar-refractivity contribution in [2.24, 2.45) is 0 Å². The molecule has 4 heteroatoms. The highest BCUT2D eigenvalue weighted by molar-refractivity contribution is 5.44. The molecule has 24 heavy (non-hydrogen) atoms. The Morgan fingerprint density at radius 1 is 0.792 bits per heavy atom. The van der Waals surface area contributed by atoms with Crippen molar-refractivity contribution in [2.45, 2.75) is 37.5 Å². The Morgan fingerprint density at radius 3 is 1.67 bits per heavy atom. The van der Waals surface area contributed by atoms with Crippen LogP contribution >= 0.6 is 0 Å². The second-order valence-electron chi connectivity index (χ2n) is 6.42. The predicted octanol–water partition coefficient (Wildman–Crippen LogP) is 4.56. The molecule has 128 valence electrons. The van der Waals surface area contributed by atoms with Gasteiger partial charge < -0.3 is 19.7 Å². The molecule has 2 atom stereocenters. The number of ether oxygens (including phenoxy) is 2. The summed E-state index contributed by atoms with van der Waals surface area (Å²) in [6.45, 7) is 0. The van der Waals surface area contributed by atoms with E-state index < -0.39 is 0 Å². The van der Waals surface area contributed by atoms with Crippen molar-refractivity contribution in [3.63, 3.8) is 0 Å². The molecule has 4 nitrogen and oxygen atoms in total. The third kappa shape index (κ3) is 3.28. The quantitative estimate of drug-likeness (QED) is 0.864. The zero-order valence-corrected chi connectivity index (χ0v) is 14.2. The minimum Gasteiger partial charge on any atom is -0.504 e. The highest BCUT2D eigenvalue weighted by Crippen LogP contribution is 2.44. The summed E-state index contributed by atoms with van der Waals surface area (Å²) in [5, 5.41) is 19.6. The number of hydrogen-bond acceptors (Lipinski definition) is 4. The summed E-state index contributed by atoms with van der Waals surface area (Å²) in [6, 6.07) is 11.3. The fourth-order valence-electron chi connectivity index (χ4n) is 3.69. The van der Waals surface area contributed by atoms with Crippen LogP contribution in [0, 0.1) is 0 Å². The molecule has 0 aromatic heterocycles. The molecule has 2 unspecified atom stereocenters. The Bertz CT molecular complexity index is 651. The summed E-state index contributed by atoms with van der Waals surface area (Å²) < 4.78 is 10.5. The summed E-state index contributed by atoms with van der Waals surface area (Å²) in [6.07, 6.45) is 4.48. The van der Waals surface area contributed by atoms with Crippen LogP contribution in [-0.4, -0.2) is 24.4 Å². The van der Waals surface area contributed by atoms with E-state index in [1.165, 1.54) is 11.1 Å². The summed E-state index contributed by atoms with van der Waals surface area (Å²) in [7, 11) is 3.15. The molecule has 0 bridgehead atoms. The van der Waals surface area contributed by atoms with Gasteiger partial charge in [-0.05, 0) is 66.5 Å². The lowest BCUT2D eigenvalue weighted by atomic mass is 9.75. The van der Waals surface area contributed by atoms with E-state index in [2.05, 4.69) is 0 Å². The van der Waals surface area contributed by atoms with Gasteiger partial charge in [-0.25, -0.2) is 0 Å². The molecular formula is C20H24O4. The summed E-state index contributed by atoms with van der Waals surface area (Å²) >= 11 is 0. The molecule has 1 fully saturated rings. The molecule has 1 aliphatic rings. The van der Waals surface area contributed by atoms with E-state index in [-0.39, 0.29) is 11.5 Å². The van der Waals surface area contributed by atoms with Gasteiger partial charge in [0.25, 0.3) is 0 Å². The lowest BCUT2D eigenvalue weighted by Crippen LogP contribution is -2.13. The van der Waals surface area contributed by atoms with Gasteiger partial charge in [0.2, 0.25) is 0 Å². The van der Waals surface area contributed by atoms with Crippen LogP contribution in [0.25, 0.3) is 0 Å². The molecule has 2 aromatic carbocycles. The SMILES string of the molecule is COc1cc(C2CCCC(c3ccc(O)c(OC)c3)C2)ccc1O. The van der Waals surface area contributed by atoms with Gasteiger partial charge >= 0.3 is 0 Å². The Kier molecular flexibility index (Phi) is 4.84. The largest absolute Gasteiger partial charge is 0.504 e. The number of hydrogen-bond donors (Lipinski definition) is 2. The van der Waals surface area contributed by atoms with E-state index in [0.29, 0.717) is 23.3 Å². The van der Waals surface area contributed by atoms with Crippen molar-refractivity contribution >= 4 is 0 Å². The number of aromatic hydroxyl groups is 2. The van der Waals surface area contributed by atoms with Crippen LogP contribution in [0.2, 0.25) is 0 Å². The smallest absolute Gasteiger partial charge is 0.160 e. The van der Waals surface area contributed by atoms with Crippen LogP contribution in [0.1, 0.15) is 48.6 Å². The molecule has 0 amide bonds. The molecule has 2 N–H and O–H groups in total. The van der Waals surface area contributed by atoms with Crippen LogP contribution < -0.4 is 9.47 Å². The second kappa shape index (κ2) is 7.04. The molecular weight excluding hydrogens is 304 g/mol. The number of rotatable bonds is 4. The maximum atomic E-state index is 9.78.